The van der Waals surface area contributed by atoms with E-state index in [1.165, 1.54) is 11.8 Å². The molecule has 3 rings (SSSR count). The summed E-state index contributed by atoms with van der Waals surface area (Å²) in [5, 5.41) is 0.738. The van der Waals surface area contributed by atoms with Crippen LogP contribution in [-0.4, -0.2) is 39.1 Å². The van der Waals surface area contributed by atoms with Crippen molar-refractivity contribution in [1.29, 1.82) is 0 Å². The molecule has 1 aliphatic rings. The lowest BCUT2D eigenvalue weighted by atomic mass is 10.1. The maximum atomic E-state index is 12.5. The standard InChI is InChI=1S/C18H21N3OS/c1-13(18(22)21-10-6-7-11-21)23-17-12-16(19-14(2)20-17)15-8-4-3-5-9-15/h3-5,8-9,12-13H,6-7,10-11H2,1-2H3. The van der Waals surface area contributed by atoms with Crippen LogP contribution in [0.25, 0.3) is 11.3 Å². The molecule has 0 spiro atoms. The Morgan fingerprint density at radius 2 is 1.87 bits per heavy atom. The molecule has 4 nitrogen and oxygen atoms in total. The molecule has 0 radical (unpaired) electrons. The number of aryl methyl sites for hydroxylation is 1. The highest BCUT2D eigenvalue weighted by atomic mass is 32.2. The Bertz CT molecular complexity index is 684. The molecule has 0 aliphatic carbocycles. The molecule has 5 heteroatoms. The summed E-state index contributed by atoms with van der Waals surface area (Å²) in [4.78, 5) is 23.4. The molecule has 1 aromatic heterocycles. The first-order valence-corrected chi connectivity index (χ1v) is 8.88. The van der Waals surface area contributed by atoms with E-state index in [9.17, 15) is 4.79 Å². The van der Waals surface area contributed by atoms with E-state index in [1.807, 2.05) is 55.1 Å². The van der Waals surface area contributed by atoms with Crippen LogP contribution in [0.15, 0.2) is 41.4 Å². The molecular formula is C18H21N3OS. The lowest BCUT2D eigenvalue weighted by molar-refractivity contribution is -0.129. The van der Waals surface area contributed by atoms with Crippen molar-refractivity contribution >= 4 is 17.7 Å². The second-order valence-electron chi connectivity index (χ2n) is 5.80. The van der Waals surface area contributed by atoms with E-state index in [0.29, 0.717) is 0 Å². The third kappa shape index (κ3) is 3.91. The molecule has 1 atom stereocenters. The zero-order chi connectivity index (χ0) is 16.2. The van der Waals surface area contributed by atoms with Crippen LogP contribution in [0.2, 0.25) is 0 Å². The minimum atomic E-state index is -0.119. The maximum Gasteiger partial charge on any atom is 0.235 e. The Morgan fingerprint density at radius 3 is 2.57 bits per heavy atom. The summed E-state index contributed by atoms with van der Waals surface area (Å²) in [5.41, 5.74) is 1.97. The third-order valence-electron chi connectivity index (χ3n) is 3.95. The fraction of sp³-hybridized carbons (Fsp3) is 0.389. The first-order chi connectivity index (χ1) is 11.1. The molecule has 0 bridgehead atoms. The monoisotopic (exact) mass is 327 g/mol. The van der Waals surface area contributed by atoms with Crippen molar-refractivity contribution in [2.45, 2.75) is 37.0 Å². The lowest BCUT2D eigenvalue weighted by Crippen LogP contribution is -2.34. The van der Waals surface area contributed by atoms with Gasteiger partial charge < -0.3 is 4.90 Å². The summed E-state index contributed by atoms with van der Waals surface area (Å²) >= 11 is 1.52. The van der Waals surface area contributed by atoms with Gasteiger partial charge in [0.2, 0.25) is 5.91 Å². The van der Waals surface area contributed by atoms with E-state index < -0.39 is 0 Å². The van der Waals surface area contributed by atoms with Crippen LogP contribution >= 0.6 is 11.8 Å². The van der Waals surface area contributed by atoms with E-state index in [-0.39, 0.29) is 11.2 Å². The summed E-state index contributed by atoms with van der Waals surface area (Å²) in [6.45, 7) is 5.64. The van der Waals surface area contributed by atoms with Crippen LogP contribution in [0, 0.1) is 6.92 Å². The molecule has 1 unspecified atom stereocenters. The fourth-order valence-corrected chi connectivity index (χ4v) is 3.76. The second kappa shape index (κ2) is 7.13. The minimum Gasteiger partial charge on any atom is -0.342 e. The Kier molecular flexibility index (Phi) is 4.96. The third-order valence-corrected chi connectivity index (χ3v) is 4.95. The number of likely N-dealkylation sites (tertiary alicyclic amines) is 1. The van der Waals surface area contributed by atoms with Crippen LogP contribution in [0.1, 0.15) is 25.6 Å². The van der Waals surface area contributed by atoms with E-state index in [0.717, 1.165) is 48.0 Å². The molecular weight excluding hydrogens is 306 g/mol. The Hall–Kier alpha value is -1.88. The number of carbonyl (C=O) groups excluding carboxylic acids is 1. The zero-order valence-electron chi connectivity index (χ0n) is 13.5. The van der Waals surface area contributed by atoms with Gasteiger partial charge in [0, 0.05) is 18.7 Å². The molecule has 1 aliphatic heterocycles. The smallest absolute Gasteiger partial charge is 0.235 e. The molecule has 0 N–H and O–H groups in total. The van der Waals surface area contributed by atoms with E-state index in [2.05, 4.69) is 9.97 Å². The largest absolute Gasteiger partial charge is 0.342 e. The molecule has 2 heterocycles. The van der Waals surface area contributed by atoms with Gasteiger partial charge in [0.05, 0.1) is 10.9 Å². The first-order valence-electron chi connectivity index (χ1n) is 8.00. The number of hydrogen-bond acceptors (Lipinski definition) is 4. The van der Waals surface area contributed by atoms with Crippen molar-refractivity contribution in [3.8, 4) is 11.3 Å². The molecule has 1 amide bonds. The second-order valence-corrected chi connectivity index (χ2v) is 7.16. The number of carbonyl (C=O) groups is 1. The Balaban J connectivity index is 1.77. The van der Waals surface area contributed by atoms with Crippen LogP contribution in [-0.2, 0) is 4.79 Å². The van der Waals surface area contributed by atoms with Gasteiger partial charge in [0.25, 0.3) is 0 Å². The van der Waals surface area contributed by atoms with Crippen LogP contribution in [0.4, 0.5) is 0 Å². The molecule has 1 aromatic carbocycles. The Labute approximate surface area is 141 Å². The van der Waals surface area contributed by atoms with Gasteiger partial charge in [-0.1, -0.05) is 42.1 Å². The highest BCUT2D eigenvalue weighted by molar-refractivity contribution is 8.00. The van der Waals surface area contributed by atoms with Crippen molar-refractivity contribution in [2.75, 3.05) is 13.1 Å². The molecule has 1 saturated heterocycles. The first kappa shape index (κ1) is 16.0. The highest BCUT2D eigenvalue weighted by Crippen LogP contribution is 2.27. The maximum absolute atomic E-state index is 12.5. The number of nitrogens with zero attached hydrogens (tertiary/aromatic N) is 3. The van der Waals surface area contributed by atoms with Crippen LogP contribution in [0.5, 0.6) is 0 Å². The van der Waals surface area contributed by atoms with Gasteiger partial charge >= 0.3 is 0 Å². The number of benzene rings is 1. The molecule has 120 valence electrons. The van der Waals surface area contributed by atoms with Crippen LogP contribution in [0.3, 0.4) is 0 Å². The molecule has 23 heavy (non-hydrogen) atoms. The van der Waals surface area contributed by atoms with Crippen molar-refractivity contribution < 1.29 is 4.79 Å². The normalized spacial score (nSPS) is 15.7. The van der Waals surface area contributed by atoms with E-state index >= 15 is 0 Å². The van der Waals surface area contributed by atoms with Gasteiger partial charge in [-0.15, -0.1) is 0 Å². The fourth-order valence-electron chi connectivity index (χ4n) is 2.78. The van der Waals surface area contributed by atoms with Gasteiger partial charge in [0.15, 0.2) is 0 Å². The van der Waals surface area contributed by atoms with E-state index in [1.54, 1.807) is 0 Å². The number of aromatic nitrogens is 2. The van der Waals surface area contributed by atoms with Crippen LogP contribution < -0.4 is 0 Å². The number of hydrogen-bond donors (Lipinski definition) is 0. The van der Waals surface area contributed by atoms with Crippen molar-refractivity contribution in [2.24, 2.45) is 0 Å². The summed E-state index contributed by atoms with van der Waals surface area (Å²) in [5.74, 6) is 0.944. The Morgan fingerprint density at radius 1 is 1.17 bits per heavy atom. The topological polar surface area (TPSA) is 46.1 Å². The molecule has 2 aromatic rings. The van der Waals surface area contributed by atoms with Gasteiger partial charge in [-0.3, -0.25) is 4.79 Å². The van der Waals surface area contributed by atoms with Gasteiger partial charge in [-0.05, 0) is 32.8 Å². The summed E-state index contributed by atoms with van der Waals surface area (Å²) in [6.07, 6.45) is 2.24. The average Bonchev–Trinajstić information content (AvgIpc) is 3.09. The summed E-state index contributed by atoms with van der Waals surface area (Å²) in [6, 6.07) is 12.0. The molecule has 0 saturated carbocycles. The van der Waals surface area contributed by atoms with Crippen molar-refractivity contribution in [3.63, 3.8) is 0 Å². The van der Waals surface area contributed by atoms with Gasteiger partial charge in [-0.25, -0.2) is 9.97 Å². The van der Waals surface area contributed by atoms with Gasteiger partial charge in [0.1, 0.15) is 10.9 Å². The predicted molar refractivity (Wildman–Crippen MR) is 93.3 cm³/mol. The predicted octanol–water partition coefficient (Wildman–Crippen LogP) is 3.56. The van der Waals surface area contributed by atoms with E-state index in [4.69, 9.17) is 0 Å². The number of thioether (sulfide) groups is 1. The molecule has 1 fully saturated rings. The number of amides is 1. The highest BCUT2D eigenvalue weighted by Gasteiger charge is 2.24. The summed E-state index contributed by atoms with van der Waals surface area (Å²) in [7, 11) is 0. The van der Waals surface area contributed by atoms with Crippen molar-refractivity contribution in [1.82, 2.24) is 14.9 Å². The lowest BCUT2D eigenvalue weighted by Gasteiger charge is -2.19. The SMILES string of the molecule is Cc1nc(SC(C)C(=O)N2CCCC2)cc(-c2ccccc2)n1. The van der Waals surface area contributed by atoms with Crippen molar-refractivity contribution in [3.05, 3.63) is 42.2 Å². The minimum absolute atomic E-state index is 0.119. The quantitative estimate of drug-likeness (QED) is 0.636. The zero-order valence-corrected chi connectivity index (χ0v) is 14.3. The number of rotatable bonds is 4. The summed E-state index contributed by atoms with van der Waals surface area (Å²) < 4.78 is 0. The average molecular weight is 327 g/mol. The van der Waals surface area contributed by atoms with Gasteiger partial charge in [-0.2, -0.15) is 0 Å².